The zero-order chi connectivity index (χ0) is 64.7. The number of urea groups is 1. The van der Waals surface area contributed by atoms with E-state index in [9.17, 15) is 54.6 Å². The Bertz CT molecular complexity index is 5410. The molecule has 8 aromatic heterocycles. The van der Waals surface area contributed by atoms with Crippen molar-refractivity contribution in [3.8, 4) is 23.0 Å². The lowest BCUT2D eigenvalue weighted by molar-refractivity contribution is -0.131. The van der Waals surface area contributed by atoms with E-state index >= 15 is 0 Å². The molecule has 456 valence electrons. The Morgan fingerprint density at radius 2 is 0.882 bits per heavy atom. The van der Waals surface area contributed by atoms with E-state index < -0.39 is 47.3 Å². The highest BCUT2D eigenvalue weighted by Gasteiger charge is 2.34. The van der Waals surface area contributed by atoms with Gasteiger partial charge in [-0.3, -0.25) is 20.2 Å². The summed E-state index contributed by atoms with van der Waals surface area (Å²) in [6.45, 7) is 0. The van der Waals surface area contributed by atoms with Crippen molar-refractivity contribution in [1.82, 2.24) is 90.4 Å². The molecule has 0 unspecified atom stereocenters. The predicted molar refractivity (Wildman–Crippen MR) is 322 cm³/mol. The number of carbonyl (C=O) groups is 5. The van der Waals surface area contributed by atoms with Gasteiger partial charge in [-0.05, 0) is 41.1 Å². The highest BCUT2D eigenvalue weighted by Crippen LogP contribution is 2.42. The van der Waals surface area contributed by atoms with Crippen molar-refractivity contribution < 1.29 is 54.6 Å². The molecular formula is C56H36N26O11. The molecule has 15 rings (SSSR count). The van der Waals surface area contributed by atoms with E-state index in [-0.39, 0.29) is 51.5 Å². The van der Waals surface area contributed by atoms with Gasteiger partial charge in [0, 0.05) is 16.2 Å². The number of rotatable bonds is 10. The highest BCUT2D eigenvalue weighted by molar-refractivity contribution is 6.19. The number of phenolic OH excluding ortho intramolecular Hbond substituents is 2. The summed E-state index contributed by atoms with van der Waals surface area (Å²) in [7, 11) is 0. The van der Waals surface area contributed by atoms with E-state index in [0.29, 0.717) is 88.5 Å². The van der Waals surface area contributed by atoms with Gasteiger partial charge in [0.15, 0.2) is 34.1 Å². The number of aromatic carboxylic acids is 2. The number of aromatic hydroxyl groups is 4. The monoisotopic (exact) mass is 1250 g/mol. The molecular weight excluding hydrogens is 1210 g/mol. The number of carbonyl (C=O) groups excluding carboxylic acids is 3. The van der Waals surface area contributed by atoms with E-state index in [1.165, 1.54) is 68.8 Å². The number of hydrogen-bond donors (Lipinski definition) is 12. The number of hydrogen-bond acceptors (Lipinski definition) is 29. The molecule has 0 radical (unpaired) electrons. The van der Waals surface area contributed by atoms with Crippen molar-refractivity contribution in [3.05, 3.63) is 153 Å². The van der Waals surface area contributed by atoms with Crippen molar-refractivity contribution in [1.29, 1.82) is 0 Å². The van der Waals surface area contributed by atoms with Gasteiger partial charge in [-0.15, -0.1) is 35.8 Å². The third kappa shape index (κ3) is 12.2. The number of benzene rings is 6. The van der Waals surface area contributed by atoms with Gasteiger partial charge in [0.2, 0.25) is 29.3 Å². The molecule has 9 heterocycles. The van der Waals surface area contributed by atoms with Gasteiger partial charge in [0.05, 0.1) is 36.4 Å². The van der Waals surface area contributed by atoms with Crippen LogP contribution in [0.4, 0.5) is 45.1 Å². The van der Waals surface area contributed by atoms with Gasteiger partial charge in [-0.1, -0.05) is 60.7 Å². The minimum Gasteiger partial charge on any atom is -0.507 e. The van der Waals surface area contributed by atoms with Crippen LogP contribution in [0.1, 0.15) is 20.7 Å². The molecule has 1 aliphatic heterocycles. The van der Waals surface area contributed by atoms with Gasteiger partial charge in [0.25, 0.3) is 11.8 Å². The average molecular weight is 1250 g/mol. The topological polar surface area (TPSA) is 548 Å². The van der Waals surface area contributed by atoms with Gasteiger partial charge in [-0.25, -0.2) is 74.2 Å². The molecule has 1 saturated heterocycles. The minimum absolute atomic E-state index is 0.0155. The normalized spacial score (nSPS) is 12.7. The Hall–Kier alpha value is -14.6. The van der Waals surface area contributed by atoms with Crippen molar-refractivity contribution in [2.45, 2.75) is 6.04 Å². The number of barbiturate groups is 1. The number of phenols is 4. The number of H-pyrrole nitrogens is 4. The number of carboxylic acids is 2. The Morgan fingerprint density at radius 3 is 1.40 bits per heavy atom. The summed E-state index contributed by atoms with van der Waals surface area (Å²) in [5.41, 5.74) is 3.74. The van der Waals surface area contributed by atoms with Crippen molar-refractivity contribution in [3.63, 3.8) is 0 Å². The molecule has 14 aromatic rings. The van der Waals surface area contributed by atoms with Crippen molar-refractivity contribution in [2.75, 3.05) is 0 Å². The largest absolute Gasteiger partial charge is 0.507 e. The fourth-order valence-corrected chi connectivity index (χ4v) is 8.97. The van der Waals surface area contributed by atoms with Crippen LogP contribution in [0.3, 0.4) is 0 Å². The number of imidazole rings is 4. The first-order valence-corrected chi connectivity index (χ1v) is 26.5. The van der Waals surface area contributed by atoms with Crippen LogP contribution in [-0.4, -0.2) is 146 Å². The number of imide groups is 2. The lowest BCUT2D eigenvalue weighted by Gasteiger charge is -2.15. The molecule has 0 spiro atoms. The first-order chi connectivity index (χ1) is 45.2. The second-order valence-corrected chi connectivity index (χ2v) is 18.8. The maximum Gasteiger partial charge on any atom is 0.340 e. The molecule has 4 amide bonds. The fourth-order valence-electron chi connectivity index (χ4n) is 8.97. The lowest BCUT2D eigenvalue weighted by atomic mass is 10.0. The summed E-state index contributed by atoms with van der Waals surface area (Å²) in [4.78, 5) is 116. The number of azo groups is 4. The second kappa shape index (κ2) is 25.4. The maximum absolute atomic E-state index is 11.5. The predicted octanol–water partition coefficient (Wildman–Crippen LogP) is 9.15. The third-order valence-electron chi connectivity index (χ3n) is 13.2. The summed E-state index contributed by atoms with van der Waals surface area (Å²) in [6, 6.07) is 22.4. The van der Waals surface area contributed by atoms with Crippen LogP contribution in [0.15, 0.2) is 183 Å². The number of aromatic nitrogens is 16. The molecule has 12 N–H and O–H groups in total. The van der Waals surface area contributed by atoms with Crippen LogP contribution < -0.4 is 10.6 Å². The highest BCUT2D eigenvalue weighted by atomic mass is 16.4. The summed E-state index contributed by atoms with van der Waals surface area (Å²) in [5.74, 6) is -4.10. The molecule has 0 aliphatic carbocycles. The summed E-state index contributed by atoms with van der Waals surface area (Å²) >= 11 is 0. The Balaban J connectivity index is 0.000000120. The number of aromatic amines is 4. The summed E-state index contributed by atoms with van der Waals surface area (Å²) in [5, 5.41) is 97.9. The van der Waals surface area contributed by atoms with E-state index in [0.717, 1.165) is 0 Å². The SMILES string of the molecule is O=C(O)c1c(O)c(N=Nc2ncnc3nc[nH]c23)cc2ccccc12.O=C(O)c1cc2ccccc2c(N=Nc2ncnc3nc[nH]c23)c1O.O=C1NC(=O)C(N=Nc2ncnc3nc[nH]c23)C(=O)N1.Oc1ccc(N=Nc2ncnc3nc[nH]c23)c2c(O)cccc12. The molecule has 93 heavy (non-hydrogen) atoms. The number of amides is 4. The van der Waals surface area contributed by atoms with Crippen LogP contribution >= 0.6 is 0 Å². The van der Waals surface area contributed by atoms with E-state index in [1.54, 1.807) is 72.8 Å². The van der Waals surface area contributed by atoms with Gasteiger partial charge in [0.1, 0.15) is 81.4 Å². The average Bonchev–Trinajstić information content (AvgIpc) is 1.84. The Kier molecular flexibility index (Phi) is 16.1. The maximum atomic E-state index is 11.5. The zero-order valence-electron chi connectivity index (χ0n) is 46.5. The van der Waals surface area contributed by atoms with Gasteiger partial charge < -0.3 is 50.6 Å². The molecule has 1 aliphatic rings. The number of nitrogens with one attached hydrogen (secondary N) is 6. The van der Waals surface area contributed by atoms with E-state index in [2.05, 4.69) is 121 Å². The quantitative estimate of drug-likeness (QED) is 0.0448. The van der Waals surface area contributed by atoms with Gasteiger partial charge >= 0.3 is 18.0 Å². The number of nitrogens with zero attached hydrogens (tertiary/aromatic N) is 20. The third-order valence-corrected chi connectivity index (χ3v) is 13.2. The first kappa shape index (κ1) is 58.8. The molecule has 0 atom stereocenters. The van der Waals surface area contributed by atoms with Gasteiger partial charge in [-0.2, -0.15) is 5.11 Å². The lowest BCUT2D eigenvalue weighted by Crippen LogP contribution is -2.57. The second-order valence-electron chi connectivity index (χ2n) is 18.8. The molecule has 37 heteroatoms. The van der Waals surface area contributed by atoms with Crippen LogP contribution in [0, 0.1) is 0 Å². The van der Waals surface area contributed by atoms with E-state index in [1.807, 2.05) is 10.6 Å². The molecule has 37 nitrogen and oxygen atoms in total. The summed E-state index contributed by atoms with van der Waals surface area (Å²) in [6.07, 6.45) is 11.0. The Labute approximate surface area is 513 Å². The molecule has 1 fully saturated rings. The summed E-state index contributed by atoms with van der Waals surface area (Å²) < 4.78 is 0. The standard InChI is InChI=1S/2C16H10N6O3.C15H10N6O2.C9H6N8O3/c23-13-10(5-8-3-1-2-4-9(8)11(13)16(24)25)21-22-15-12-14(18-6-17-12)19-7-20-15;23-13-10(16(24)25)5-8-3-1-2-4-9(8)11(13)21-22-15-12-14(18-6-17-12)19-7-20-15;22-10-5-4-9(12-8(10)2-1-3-11(12)23)20-21-15-13-14(17-6-16-13)18-7-19-15;18-7-4(8(19)15-9(20)14-7)16-17-6-3-5(11-1-10-3)12-2-13-6/h2*1-7,23H,(H,24,25)(H,17,18,19,20);1-7,22-23H,(H,16,17,18,19);1-2,4H,(H,10,11,12,13)(H2,14,15,18,19,20). The van der Waals surface area contributed by atoms with Crippen LogP contribution in [0.5, 0.6) is 23.0 Å². The van der Waals surface area contributed by atoms with Crippen LogP contribution in [-0.2, 0) is 9.59 Å². The molecule has 6 aromatic carbocycles. The number of fused-ring (bicyclic) bond motifs is 7. The van der Waals surface area contributed by atoms with Crippen molar-refractivity contribution >= 4 is 147 Å². The van der Waals surface area contributed by atoms with Crippen molar-refractivity contribution in [2.24, 2.45) is 40.9 Å². The molecule has 0 saturated carbocycles. The fraction of sp³-hybridized carbons (Fsp3) is 0.0179. The first-order valence-electron chi connectivity index (χ1n) is 26.5. The number of carboxylic acid groups (broad SMARTS) is 2. The van der Waals surface area contributed by atoms with E-state index in [4.69, 9.17) is 0 Å². The van der Waals surface area contributed by atoms with Crippen LogP contribution in [0.2, 0.25) is 0 Å². The van der Waals surface area contributed by atoms with Crippen LogP contribution in [0.25, 0.3) is 77.0 Å². The zero-order valence-corrected chi connectivity index (χ0v) is 46.5. The smallest absolute Gasteiger partial charge is 0.340 e. The Morgan fingerprint density at radius 1 is 0.419 bits per heavy atom. The molecule has 0 bridgehead atoms. The minimum atomic E-state index is -1.44.